The Bertz CT molecular complexity index is 469. The number of aryl methyl sites for hydroxylation is 2. The molecule has 96 valence electrons. The van der Waals surface area contributed by atoms with Gasteiger partial charge in [0.1, 0.15) is 0 Å². The van der Waals surface area contributed by atoms with Crippen molar-refractivity contribution in [3.63, 3.8) is 0 Å². The van der Waals surface area contributed by atoms with Gasteiger partial charge in [0.15, 0.2) is 5.96 Å². The lowest BCUT2D eigenvalue weighted by molar-refractivity contribution is 0.685. The fraction of sp³-hybridized carbons (Fsp3) is 0.533. The molecule has 0 unspecified atom stereocenters. The van der Waals surface area contributed by atoms with Crippen molar-refractivity contribution >= 4 is 11.6 Å². The second kappa shape index (κ2) is 5.01. The van der Waals surface area contributed by atoms with Gasteiger partial charge < -0.3 is 10.6 Å². The average molecular weight is 243 g/mol. The summed E-state index contributed by atoms with van der Waals surface area (Å²) < 4.78 is 0. The van der Waals surface area contributed by atoms with E-state index in [9.17, 15) is 0 Å². The van der Waals surface area contributed by atoms with Gasteiger partial charge in [0, 0.05) is 13.1 Å². The van der Waals surface area contributed by atoms with Crippen LogP contribution in [0.1, 0.15) is 36.5 Å². The lowest BCUT2D eigenvalue weighted by Crippen LogP contribution is -2.23. The predicted octanol–water partition coefficient (Wildman–Crippen LogP) is 2.31. The van der Waals surface area contributed by atoms with Crippen molar-refractivity contribution in [2.24, 2.45) is 4.99 Å². The second-order valence-corrected chi connectivity index (χ2v) is 5.13. The summed E-state index contributed by atoms with van der Waals surface area (Å²) in [4.78, 5) is 4.77. The Morgan fingerprint density at radius 3 is 2.67 bits per heavy atom. The van der Waals surface area contributed by atoms with Gasteiger partial charge >= 0.3 is 0 Å². The number of hydrogen-bond acceptors (Lipinski definition) is 1. The van der Waals surface area contributed by atoms with Crippen LogP contribution in [0.5, 0.6) is 0 Å². The molecular weight excluding hydrogens is 222 g/mol. The van der Waals surface area contributed by atoms with Crippen molar-refractivity contribution in [1.29, 1.82) is 0 Å². The molecule has 3 rings (SSSR count). The van der Waals surface area contributed by atoms with Crippen LogP contribution in [-0.2, 0) is 19.3 Å². The van der Waals surface area contributed by atoms with Crippen LogP contribution >= 0.6 is 0 Å². The van der Waals surface area contributed by atoms with E-state index in [2.05, 4.69) is 29.7 Å². The number of guanidine groups is 1. The molecule has 1 aromatic carbocycles. The summed E-state index contributed by atoms with van der Waals surface area (Å²) in [5.41, 5.74) is 5.59. The molecule has 1 aromatic rings. The molecule has 0 spiro atoms. The minimum atomic E-state index is 0.941. The molecule has 2 N–H and O–H groups in total. The van der Waals surface area contributed by atoms with E-state index in [0.29, 0.717) is 0 Å². The molecule has 18 heavy (non-hydrogen) atoms. The summed E-state index contributed by atoms with van der Waals surface area (Å²) in [6.45, 7) is 4.18. The first kappa shape index (κ1) is 11.6. The normalized spacial score (nSPS) is 17.9. The minimum absolute atomic E-state index is 0.941. The highest BCUT2D eigenvalue weighted by Gasteiger charge is 2.15. The Kier molecular flexibility index (Phi) is 3.22. The molecule has 1 saturated heterocycles. The molecule has 3 heteroatoms. The molecular formula is C15H21N3. The van der Waals surface area contributed by atoms with Crippen LogP contribution in [0.25, 0.3) is 0 Å². The zero-order valence-corrected chi connectivity index (χ0v) is 11.1. The second-order valence-electron chi connectivity index (χ2n) is 5.13. The lowest BCUT2D eigenvalue weighted by Gasteiger charge is -2.19. The molecule has 2 aliphatic rings. The Labute approximate surface area is 109 Å². The van der Waals surface area contributed by atoms with E-state index < -0.39 is 0 Å². The van der Waals surface area contributed by atoms with E-state index >= 15 is 0 Å². The van der Waals surface area contributed by atoms with E-state index in [1.165, 1.54) is 48.1 Å². The van der Waals surface area contributed by atoms with Crippen LogP contribution in [0.4, 0.5) is 5.69 Å². The first-order chi connectivity index (χ1) is 8.86. The van der Waals surface area contributed by atoms with Gasteiger partial charge in [0.05, 0.1) is 5.69 Å². The van der Waals surface area contributed by atoms with Crippen molar-refractivity contribution < 1.29 is 0 Å². The van der Waals surface area contributed by atoms with E-state index in [1.54, 1.807) is 0 Å². The van der Waals surface area contributed by atoms with Crippen molar-refractivity contribution in [1.82, 2.24) is 10.6 Å². The number of hydrogen-bond donors (Lipinski definition) is 2. The Morgan fingerprint density at radius 2 is 1.89 bits per heavy atom. The molecule has 1 fully saturated rings. The molecule has 1 aliphatic heterocycles. The number of benzene rings is 1. The molecule has 0 saturated carbocycles. The van der Waals surface area contributed by atoms with Crippen molar-refractivity contribution in [2.75, 3.05) is 13.1 Å². The fourth-order valence-electron chi connectivity index (χ4n) is 2.84. The fourth-order valence-corrected chi connectivity index (χ4v) is 2.84. The molecule has 3 nitrogen and oxygen atoms in total. The van der Waals surface area contributed by atoms with Crippen LogP contribution in [-0.4, -0.2) is 19.0 Å². The number of fused-ring (bicyclic) bond motifs is 1. The zero-order valence-electron chi connectivity index (χ0n) is 11.1. The summed E-state index contributed by atoms with van der Waals surface area (Å²) in [6.07, 6.45) is 6.13. The first-order valence-electron chi connectivity index (χ1n) is 7.08. The molecule has 1 aliphatic carbocycles. The van der Waals surface area contributed by atoms with Gasteiger partial charge in [-0.3, -0.25) is 0 Å². The standard InChI is InChI=1S/C15H21N3/c1-2-11-9-12-5-3-4-6-13(12)14(10-11)18-15-16-7-8-17-15/h9-10H,2-8H2,1H3,(H2,16,17,18). The highest BCUT2D eigenvalue weighted by molar-refractivity contribution is 5.84. The van der Waals surface area contributed by atoms with E-state index in [1.807, 2.05) is 0 Å². The third-order valence-corrected chi connectivity index (χ3v) is 3.85. The van der Waals surface area contributed by atoms with Crippen LogP contribution in [0.15, 0.2) is 17.1 Å². The molecule has 0 aromatic heterocycles. The molecule has 0 bridgehead atoms. The van der Waals surface area contributed by atoms with Crippen LogP contribution < -0.4 is 10.6 Å². The summed E-state index contributed by atoms with van der Waals surface area (Å²) >= 11 is 0. The van der Waals surface area contributed by atoms with E-state index in [-0.39, 0.29) is 0 Å². The maximum absolute atomic E-state index is 4.77. The Hall–Kier alpha value is -1.51. The number of aliphatic imine (C=N–C) groups is 1. The summed E-state index contributed by atoms with van der Waals surface area (Å²) in [5, 5.41) is 6.58. The van der Waals surface area contributed by atoms with Crippen LogP contribution in [0.2, 0.25) is 0 Å². The lowest BCUT2D eigenvalue weighted by atomic mass is 9.88. The molecule has 0 amide bonds. The van der Waals surface area contributed by atoms with Gasteiger partial charge in [0.2, 0.25) is 0 Å². The topological polar surface area (TPSA) is 36.4 Å². The van der Waals surface area contributed by atoms with Crippen molar-refractivity contribution in [2.45, 2.75) is 39.0 Å². The third-order valence-electron chi connectivity index (χ3n) is 3.85. The van der Waals surface area contributed by atoms with E-state index in [4.69, 9.17) is 4.99 Å². The summed E-state index contributed by atoms with van der Waals surface area (Å²) in [7, 11) is 0. The zero-order chi connectivity index (χ0) is 12.4. The predicted molar refractivity (Wildman–Crippen MR) is 75.6 cm³/mol. The number of nitrogens with one attached hydrogen (secondary N) is 2. The van der Waals surface area contributed by atoms with Gasteiger partial charge in [-0.1, -0.05) is 13.0 Å². The Morgan fingerprint density at radius 1 is 1.11 bits per heavy atom. The molecule has 0 atom stereocenters. The average Bonchev–Trinajstić information content (AvgIpc) is 2.91. The van der Waals surface area contributed by atoms with Crippen LogP contribution in [0.3, 0.4) is 0 Å². The largest absolute Gasteiger partial charge is 0.354 e. The maximum Gasteiger partial charge on any atom is 0.196 e. The summed E-state index contributed by atoms with van der Waals surface area (Å²) in [5.74, 6) is 0.941. The number of nitrogens with zero attached hydrogens (tertiary/aromatic N) is 1. The third kappa shape index (κ3) is 2.22. The van der Waals surface area contributed by atoms with Gasteiger partial charge in [-0.2, -0.15) is 0 Å². The van der Waals surface area contributed by atoms with Gasteiger partial charge in [-0.25, -0.2) is 4.99 Å². The SMILES string of the molecule is CCc1cc2c(c(N=C3NCCN3)c1)CCCC2. The van der Waals surface area contributed by atoms with E-state index in [0.717, 1.165) is 25.5 Å². The maximum atomic E-state index is 4.77. The quantitative estimate of drug-likeness (QED) is 0.836. The Balaban J connectivity index is 2.02. The van der Waals surface area contributed by atoms with Gasteiger partial charge in [-0.15, -0.1) is 0 Å². The first-order valence-corrected chi connectivity index (χ1v) is 7.08. The minimum Gasteiger partial charge on any atom is -0.354 e. The van der Waals surface area contributed by atoms with Crippen molar-refractivity contribution in [3.05, 3.63) is 28.8 Å². The van der Waals surface area contributed by atoms with Gasteiger partial charge in [0.25, 0.3) is 0 Å². The van der Waals surface area contributed by atoms with Gasteiger partial charge in [-0.05, 0) is 54.9 Å². The molecule has 0 radical (unpaired) electrons. The molecule has 1 heterocycles. The monoisotopic (exact) mass is 243 g/mol. The smallest absolute Gasteiger partial charge is 0.196 e. The number of rotatable bonds is 2. The highest BCUT2D eigenvalue weighted by atomic mass is 15.2. The highest BCUT2D eigenvalue weighted by Crippen LogP contribution is 2.31. The summed E-state index contributed by atoms with van der Waals surface area (Å²) in [6, 6.07) is 4.65. The van der Waals surface area contributed by atoms with Crippen molar-refractivity contribution in [3.8, 4) is 0 Å². The van der Waals surface area contributed by atoms with Crippen LogP contribution in [0, 0.1) is 0 Å².